The molecule has 0 radical (unpaired) electrons. The van der Waals surface area contributed by atoms with Crippen molar-refractivity contribution in [2.24, 2.45) is 5.16 Å². The zero-order chi connectivity index (χ0) is 13.5. The van der Waals surface area contributed by atoms with Gasteiger partial charge in [-0.3, -0.25) is 10.2 Å². The Hall–Kier alpha value is -2.14. The maximum Gasteiger partial charge on any atom is 0.437 e. The van der Waals surface area contributed by atoms with E-state index in [9.17, 15) is 4.79 Å². The molecule has 2 aromatic rings. The number of para-hydroxylation sites is 1. The van der Waals surface area contributed by atoms with Crippen LogP contribution in [0.5, 0.6) is 0 Å². The fourth-order valence-corrected chi connectivity index (χ4v) is 1.61. The minimum absolute atomic E-state index is 0.625. The van der Waals surface area contributed by atoms with Crippen LogP contribution in [0.3, 0.4) is 0 Å². The molecule has 0 aliphatic rings. The van der Waals surface area contributed by atoms with E-state index >= 15 is 0 Å². The van der Waals surface area contributed by atoms with Crippen LogP contribution in [0.4, 0.5) is 10.5 Å². The number of oxime groups is 1. The molecule has 2 aromatic carbocycles. The van der Waals surface area contributed by atoms with E-state index < -0.39 is 6.09 Å². The predicted molar refractivity (Wildman–Crippen MR) is 78.3 cm³/mol. The summed E-state index contributed by atoms with van der Waals surface area (Å²) in [6.45, 7) is 0. The van der Waals surface area contributed by atoms with E-state index in [0.717, 1.165) is 10.0 Å². The molecule has 0 saturated heterocycles. The summed E-state index contributed by atoms with van der Waals surface area (Å²) < 4.78 is 0.979. The van der Waals surface area contributed by atoms with Crippen LogP contribution < -0.4 is 5.32 Å². The van der Waals surface area contributed by atoms with Gasteiger partial charge in [-0.05, 0) is 29.8 Å². The summed E-state index contributed by atoms with van der Waals surface area (Å²) in [4.78, 5) is 16.1. The molecular formula is C14H11BrN2O2. The third-order valence-electron chi connectivity index (χ3n) is 2.23. The van der Waals surface area contributed by atoms with Gasteiger partial charge in [-0.15, -0.1) is 0 Å². The van der Waals surface area contributed by atoms with Crippen LogP contribution in [0.1, 0.15) is 5.56 Å². The Labute approximate surface area is 119 Å². The lowest BCUT2D eigenvalue weighted by Gasteiger charge is -2.01. The fourth-order valence-electron chi connectivity index (χ4n) is 1.35. The highest BCUT2D eigenvalue weighted by molar-refractivity contribution is 9.10. The molecule has 19 heavy (non-hydrogen) atoms. The maximum absolute atomic E-state index is 11.4. The van der Waals surface area contributed by atoms with Gasteiger partial charge in [0.25, 0.3) is 0 Å². The minimum Gasteiger partial charge on any atom is -0.298 e. The Bertz CT molecular complexity index is 568. The van der Waals surface area contributed by atoms with E-state index in [2.05, 4.69) is 31.2 Å². The van der Waals surface area contributed by atoms with Gasteiger partial charge in [0.15, 0.2) is 0 Å². The lowest BCUT2D eigenvalue weighted by atomic mass is 10.2. The molecule has 96 valence electrons. The number of rotatable bonds is 3. The molecule has 0 saturated carbocycles. The molecule has 5 heteroatoms. The highest BCUT2D eigenvalue weighted by atomic mass is 79.9. The van der Waals surface area contributed by atoms with Gasteiger partial charge in [0.2, 0.25) is 0 Å². The average molecular weight is 319 g/mol. The van der Waals surface area contributed by atoms with Gasteiger partial charge in [-0.2, -0.15) is 0 Å². The van der Waals surface area contributed by atoms with Gasteiger partial charge in [-0.1, -0.05) is 51.4 Å². The van der Waals surface area contributed by atoms with Crippen molar-refractivity contribution in [1.29, 1.82) is 0 Å². The number of hydrogen-bond donors (Lipinski definition) is 1. The third kappa shape index (κ3) is 4.56. The molecule has 0 bridgehead atoms. The summed E-state index contributed by atoms with van der Waals surface area (Å²) in [7, 11) is 0. The summed E-state index contributed by atoms with van der Waals surface area (Å²) in [6, 6.07) is 16.5. The number of hydrogen-bond acceptors (Lipinski definition) is 3. The first-order valence-corrected chi connectivity index (χ1v) is 6.35. The molecule has 1 N–H and O–H groups in total. The Kier molecular flexibility index (Phi) is 4.69. The molecule has 0 aliphatic heterocycles. The van der Waals surface area contributed by atoms with Crippen molar-refractivity contribution in [2.75, 3.05) is 5.32 Å². The second-order valence-corrected chi connectivity index (χ2v) is 4.57. The topological polar surface area (TPSA) is 50.7 Å². The molecule has 1 amide bonds. The number of amides is 1. The quantitative estimate of drug-likeness (QED) is 0.527. The molecule has 0 aromatic heterocycles. The molecular weight excluding hydrogens is 308 g/mol. The SMILES string of the molecule is O=C(Nc1ccccc1)ON=Cc1ccc(Br)cc1. The second-order valence-electron chi connectivity index (χ2n) is 3.66. The third-order valence-corrected chi connectivity index (χ3v) is 2.76. The van der Waals surface area contributed by atoms with Crippen LogP contribution >= 0.6 is 15.9 Å². The van der Waals surface area contributed by atoms with Crippen LogP contribution in [0, 0.1) is 0 Å². The highest BCUT2D eigenvalue weighted by Crippen LogP contribution is 2.09. The Balaban J connectivity index is 1.85. The van der Waals surface area contributed by atoms with Crippen molar-refractivity contribution in [1.82, 2.24) is 0 Å². The largest absolute Gasteiger partial charge is 0.437 e. The number of nitrogens with one attached hydrogen (secondary N) is 1. The number of benzene rings is 2. The van der Waals surface area contributed by atoms with Crippen molar-refractivity contribution in [3.63, 3.8) is 0 Å². The number of halogens is 1. The molecule has 4 nitrogen and oxygen atoms in total. The standard InChI is InChI=1S/C14H11BrN2O2/c15-12-8-6-11(7-9-12)10-16-19-14(18)17-13-4-2-1-3-5-13/h1-10H,(H,17,18). The summed E-state index contributed by atoms with van der Waals surface area (Å²) in [5, 5.41) is 6.17. The summed E-state index contributed by atoms with van der Waals surface area (Å²) >= 11 is 3.33. The molecule has 2 rings (SSSR count). The number of nitrogens with zero attached hydrogens (tertiary/aromatic N) is 1. The molecule has 0 spiro atoms. The lowest BCUT2D eigenvalue weighted by molar-refractivity contribution is 0.167. The second kappa shape index (κ2) is 6.70. The zero-order valence-electron chi connectivity index (χ0n) is 9.92. The number of carbonyl (C=O) groups is 1. The van der Waals surface area contributed by atoms with Crippen molar-refractivity contribution in [2.45, 2.75) is 0 Å². The molecule has 0 aliphatic carbocycles. The van der Waals surface area contributed by atoms with Crippen LogP contribution in [-0.4, -0.2) is 12.3 Å². The van der Waals surface area contributed by atoms with Crippen molar-refractivity contribution in [3.05, 3.63) is 64.6 Å². The van der Waals surface area contributed by atoms with Crippen LogP contribution in [0.25, 0.3) is 0 Å². The first-order chi connectivity index (χ1) is 9.24. The van der Waals surface area contributed by atoms with Crippen LogP contribution in [0.15, 0.2) is 64.2 Å². The highest BCUT2D eigenvalue weighted by Gasteiger charge is 2.00. The van der Waals surface area contributed by atoms with Crippen molar-refractivity contribution < 1.29 is 9.63 Å². The molecule has 0 fully saturated rings. The summed E-state index contributed by atoms with van der Waals surface area (Å²) in [6.07, 6.45) is 0.844. The minimum atomic E-state index is -0.625. The van der Waals surface area contributed by atoms with Gasteiger partial charge >= 0.3 is 6.09 Å². The Morgan fingerprint density at radius 1 is 1.11 bits per heavy atom. The van der Waals surface area contributed by atoms with E-state index in [1.165, 1.54) is 6.21 Å². The number of anilines is 1. The van der Waals surface area contributed by atoms with Gasteiger partial charge < -0.3 is 0 Å². The fraction of sp³-hybridized carbons (Fsp3) is 0. The first kappa shape index (κ1) is 13.3. The van der Waals surface area contributed by atoms with Gasteiger partial charge in [-0.25, -0.2) is 4.79 Å². The monoisotopic (exact) mass is 318 g/mol. The first-order valence-electron chi connectivity index (χ1n) is 5.56. The predicted octanol–water partition coefficient (Wildman–Crippen LogP) is 4.03. The Morgan fingerprint density at radius 2 is 1.79 bits per heavy atom. The van der Waals surface area contributed by atoms with E-state index in [0.29, 0.717) is 5.69 Å². The van der Waals surface area contributed by atoms with Crippen LogP contribution in [0.2, 0.25) is 0 Å². The number of carbonyl (C=O) groups excluding carboxylic acids is 1. The summed E-state index contributed by atoms with van der Waals surface area (Å²) in [5.41, 5.74) is 1.50. The van der Waals surface area contributed by atoms with E-state index in [1.807, 2.05) is 42.5 Å². The van der Waals surface area contributed by atoms with E-state index in [4.69, 9.17) is 0 Å². The van der Waals surface area contributed by atoms with Gasteiger partial charge in [0.05, 0.1) is 6.21 Å². The average Bonchev–Trinajstić information content (AvgIpc) is 2.42. The summed E-state index contributed by atoms with van der Waals surface area (Å²) in [5.74, 6) is 0. The Morgan fingerprint density at radius 3 is 2.47 bits per heavy atom. The lowest BCUT2D eigenvalue weighted by Crippen LogP contribution is -2.10. The molecule has 0 heterocycles. The normalized spacial score (nSPS) is 10.4. The van der Waals surface area contributed by atoms with Crippen LogP contribution in [-0.2, 0) is 4.84 Å². The van der Waals surface area contributed by atoms with Gasteiger partial charge in [0, 0.05) is 10.2 Å². The smallest absolute Gasteiger partial charge is 0.298 e. The van der Waals surface area contributed by atoms with E-state index in [1.54, 1.807) is 12.1 Å². The van der Waals surface area contributed by atoms with Gasteiger partial charge in [0.1, 0.15) is 0 Å². The van der Waals surface area contributed by atoms with Crippen molar-refractivity contribution in [3.8, 4) is 0 Å². The molecule has 0 unspecified atom stereocenters. The zero-order valence-corrected chi connectivity index (χ0v) is 11.5. The molecule has 0 atom stereocenters. The van der Waals surface area contributed by atoms with E-state index in [-0.39, 0.29) is 0 Å². The maximum atomic E-state index is 11.4. The van der Waals surface area contributed by atoms with Crippen molar-refractivity contribution >= 4 is 33.9 Å².